The van der Waals surface area contributed by atoms with Crippen LogP contribution in [0.1, 0.15) is 115 Å². The van der Waals surface area contributed by atoms with Crippen LogP contribution < -0.4 is 0 Å². The number of H-pyrrole nitrogens is 1. The van der Waals surface area contributed by atoms with Crippen molar-refractivity contribution in [3.8, 4) is 0 Å². The molecule has 1 unspecified atom stereocenters. The minimum atomic E-state index is -0.254. The molecule has 1 aromatic carbocycles. The van der Waals surface area contributed by atoms with Crippen LogP contribution in [0.25, 0.3) is 10.9 Å². The smallest absolute Gasteiger partial charge is 0.323 e. The van der Waals surface area contributed by atoms with E-state index in [4.69, 9.17) is 4.74 Å². The number of carbonyl (C=O) groups is 1. The highest BCUT2D eigenvalue weighted by Crippen LogP contribution is 2.20. The van der Waals surface area contributed by atoms with Crippen LogP contribution in [0.2, 0.25) is 0 Å². The highest BCUT2D eigenvalue weighted by Gasteiger charge is 2.24. The zero-order valence-corrected chi connectivity index (χ0v) is 23.0. The highest BCUT2D eigenvalue weighted by atomic mass is 16.5. The molecule has 1 N–H and O–H groups in total. The minimum Gasteiger partial charge on any atom is -0.465 e. The molecule has 0 fully saturated rings. The third kappa shape index (κ3) is 12.1. The van der Waals surface area contributed by atoms with Crippen molar-refractivity contribution in [2.45, 2.75) is 122 Å². The first-order chi connectivity index (χ1) is 17.1. The summed E-state index contributed by atoms with van der Waals surface area (Å²) in [7, 11) is 3.91. The summed E-state index contributed by atoms with van der Waals surface area (Å²) in [4.78, 5) is 18.0. The largest absolute Gasteiger partial charge is 0.465 e. The number of aromatic amines is 1. The van der Waals surface area contributed by atoms with Crippen LogP contribution >= 0.6 is 0 Å². The Balaban J connectivity index is 1.45. The third-order valence-electron chi connectivity index (χ3n) is 7.23. The van der Waals surface area contributed by atoms with Gasteiger partial charge in [-0.3, -0.25) is 9.69 Å². The number of rotatable bonds is 21. The van der Waals surface area contributed by atoms with Gasteiger partial charge in [0.15, 0.2) is 0 Å². The van der Waals surface area contributed by atoms with Crippen LogP contribution in [0.15, 0.2) is 30.5 Å². The van der Waals surface area contributed by atoms with Gasteiger partial charge in [0.1, 0.15) is 6.04 Å². The average Bonchev–Trinajstić information content (AvgIpc) is 3.27. The van der Waals surface area contributed by atoms with Gasteiger partial charge in [-0.25, -0.2) is 0 Å². The molecule has 198 valence electrons. The molecule has 0 saturated heterocycles. The van der Waals surface area contributed by atoms with Crippen molar-refractivity contribution < 1.29 is 9.53 Å². The van der Waals surface area contributed by atoms with Gasteiger partial charge in [-0.15, -0.1) is 0 Å². The number of hydrogen-bond donors (Lipinski definition) is 1. The topological polar surface area (TPSA) is 45.3 Å². The van der Waals surface area contributed by atoms with E-state index in [1.807, 2.05) is 37.3 Å². The number of para-hydroxylation sites is 1. The number of nitrogens with one attached hydrogen (secondary N) is 1. The predicted molar refractivity (Wildman–Crippen MR) is 150 cm³/mol. The number of esters is 1. The molecule has 0 aliphatic heterocycles. The fraction of sp³-hybridized carbons (Fsp3) is 0.710. The first kappa shape index (κ1) is 29.4. The van der Waals surface area contributed by atoms with Gasteiger partial charge in [0.2, 0.25) is 0 Å². The Labute approximate surface area is 215 Å². The molecular formula is C31H52N2O2. The van der Waals surface area contributed by atoms with E-state index < -0.39 is 0 Å². The Morgan fingerprint density at radius 3 is 1.86 bits per heavy atom. The summed E-state index contributed by atoms with van der Waals surface area (Å²) < 4.78 is 5.65. The molecule has 0 aliphatic rings. The molecule has 0 saturated carbocycles. The summed E-state index contributed by atoms with van der Waals surface area (Å²) in [5.41, 5.74) is 2.28. The maximum Gasteiger partial charge on any atom is 0.323 e. The number of nitrogens with zero attached hydrogens (tertiary/aromatic N) is 1. The average molecular weight is 485 g/mol. The van der Waals surface area contributed by atoms with Crippen molar-refractivity contribution in [2.24, 2.45) is 0 Å². The summed E-state index contributed by atoms with van der Waals surface area (Å²) in [6.07, 6.45) is 24.3. The lowest BCUT2D eigenvalue weighted by atomic mass is 10.0. The summed E-state index contributed by atoms with van der Waals surface area (Å²) in [5, 5.41) is 1.19. The third-order valence-corrected chi connectivity index (χ3v) is 7.23. The Morgan fingerprint density at radius 1 is 0.800 bits per heavy atom. The van der Waals surface area contributed by atoms with E-state index in [2.05, 4.69) is 24.0 Å². The van der Waals surface area contributed by atoms with Crippen molar-refractivity contribution in [3.63, 3.8) is 0 Å². The second-order valence-corrected chi connectivity index (χ2v) is 10.5. The number of likely N-dealkylation sites (N-methyl/N-ethyl adjacent to an activating group) is 1. The van der Waals surface area contributed by atoms with Gasteiger partial charge in [-0.1, -0.05) is 121 Å². The van der Waals surface area contributed by atoms with Crippen molar-refractivity contribution in [3.05, 3.63) is 36.0 Å². The van der Waals surface area contributed by atoms with Gasteiger partial charge in [-0.2, -0.15) is 0 Å². The summed E-state index contributed by atoms with van der Waals surface area (Å²) in [5.74, 6) is -0.110. The molecule has 4 nitrogen and oxygen atoms in total. The minimum absolute atomic E-state index is 0.110. The van der Waals surface area contributed by atoms with Crippen LogP contribution in [0.3, 0.4) is 0 Å². The number of benzene rings is 1. The summed E-state index contributed by atoms with van der Waals surface area (Å²) in [6, 6.07) is 7.99. The predicted octanol–water partition coefficient (Wildman–Crippen LogP) is 8.45. The van der Waals surface area contributed by atoms with Gasteiger partial charge in [0, 0.05) is 23.5 Å². The first-order valence-electron chi connectivity index (χ1n) is 14.5. The Bertz CT molecular complexity index is 798. The van der Waals surface area contributed by atoms with Crippen LogP contribution in [-0.4, -0.2) is 42.6 Å². The second-order valence-electron chi connectivity index (χ2n) is 10.5. The molecule has 1 atom stereocenters. The number of aromatic nitrogens is 1. The lowest BCUT2D eigenvalue weighted by Gasteiger charge is -2.22. The van der Waals surface area contributed by atoms with Gasteiger partial charge < -0.3 is 9.72 Å². The monoisotopic (exact) mass is 484 g/mol. The lowest BCUT2D eigenvalue weighted by molar-refractivity contribution is -0.149. The van der Waals surface area contributed by atoms with E-state index in [1.165, 1.54) is 101 Å². The molecule has 0 aliphatic carbocycles. The summed E-state index contributed by atoms with van der Waals surface area (Å²) >= 11 is 0. The van der Waals surface area contributed by atoms with Crippen molar-refractivity contribution in [2.75, 3.05) is 20.7 Å². The fourth-order valence-electron chi connectivity index (χ4n) is 4.90. The zero-order chi connectivity index (χ0) is 25.1. The van der Waals surface area contributed by atoms with E-state index in [0.717, 1.165) is 18.4 Å². The van der Waals surface area contributed by atoms with Gasteiger partial charge in [0.25, 0.3) is 0 Å². The molecule has 0 spiro atoms. The van der Waals surface area contributed by atoms with Crippen LogP contribution in [0.4, 0.5) is 0 Å². The number of fused-ring (bicyclic) bond motifs is 1. The number of unbranched alkanes of at least 4 members (excludes halogenated alkanes) is 15. The quantitative estimate of drug-likeness (QED) is 0.143. The number of hydrogen-bond acceptors (Lipinski definition) is 3. The zero-order valence-electron chi connectivity index (χ0n) is 23.0. The van der Waals surface area contributed by atoms with Gasteiger partial charge in [0.05, 0.1) is 6.61 Å². The molecule has 0 bridgehead atoms. The maximum atomic E-state index is 12.7. The summed E-state index contributed by atoms with van der Waals surface area (Å²) in [6.45, 7) is 2.82. The Hall–Kier alpha value is -1.81. The molecule has 2 rings (SSSR count). The van der Waals surface area contributed by atoms with Crippen molar-refractivity contribution >= 4 is 16.9 Å². The molecule has 4 heteroatoms. The van der Waals surface area contributed by atoms with Crippen LogP contribution in [0, 0.1) is 0 Å². The van der Waals surface area contributed by atoms with E-state index in [0.29, 0.717) is 13.0 Å². The van der Waals surface area contributed by atoms with Crippen molar-refractivity contribution in [1.82, 2.24) is 9.88 Å². The Morgan fingerprint density at radius 2 is 1.31 bits per heavy atom. The van der Waals surface area contributed by atoms with E-state index in [1.54, 1.807) is 0 Å². The molecule has 1 heterocycles. The molecule has 1 aromatic heterocycles. The normalized spacial score (nSPS) is 12.5. The maximum absolute atomic E-state index is 12.7. The van der Waals surface area contributed by atoms with E-state index in [-0.39, 0.29) is 12.0 Å². The molecule has 35 heavy (non-hydrogen) atoms. The SMILES string of the molecule is CCCCCCCCCCCCCCCCCCOC(=O)C(Cc1c[nH]c2ccccc12)N(C)C. The van der Waals surface area contributed by atoms with E-state index in [9.17, 15) is 4.79 Å². The number of ether oxygens (including phenoxy) is 1. The van der Waals surface area contributed by atoms with E-state index >= 15 is 0 Å². The molecule has 0 amide bonds. The Kier molecular flexibility index (Phi) is 15.5. The van der Waals surface area contributed by atoms with Gasteiger partial charge >= 0.3 is 5.97 Å². The number of carbonyl (C=O) groups excluding carboxylic acids is 1. The van der Waals surface area contributed by atoms with Crippen molar-refractivity contribution in [1.29, 1.82) is 0 Å². The van der Waals surface area contributed by atoms with Crippen LogP contribution in [-0.2, 0) is 16.0 Å². The molecule has 0 radical (unpaired) electrons. The highest BCUT2D eigenvalue weighted by molar-refractivity contribution is 5.84. The lowest BCUT2D eigenvalue weighted by Crippen LogP contribution is -2.39. The van der Waals surface area contributed by atoms with Gasteiger partial charge in [-0.05, 0) is 32.1 Å². The fourth-order valence-corrected chi connectivity index (χ4v) is 4.90. The first-order valence-corrected chi connectivity index (χ1v) is 14.5. The molecule has 2 aromatic rings. The van der Waals surface area contributed by atoms with Crippen LogP contribution in [0.5, 0.6) is 0 Å². The standard InChI is InChI=1S/C31H52N2O2/c1-4-5-6-7-8-9-10-11-12-13-14-15-16-17-18-21-24-35-31(34)30(33(2)3)25-27-26-32-29-23-20-19-22-28(27)29/h19-20,22-23,26,30,32H,4-18,21,24-25H2,1-3H3. The second kappa shape index (κ2) is 18.5. The molecular weight excluding hydrogens is 432 g/mol.